The molecule has 1 rings (SSSR count). The molecule has 15 heavy (non-hydrogen) atoms. The van der Waals surface area contributed by atoms with Crippen molar-refractivity contribution in [2.45, 2.75) is 0 Å². The third-order valence-electron chi connectivity index (χ3n) is 1.54. The molecule has 0 bridgehead atoms. The molecule has 0 atom stereocenters. The largest absolute Gasteiger partial charge is 0.475 e. The van der Waals surface area contributed by atoms with E-state index in [1.165, 1.54) is 0 Å². The summed E-state index contributed by atoms with van der Waals surface area (Å²) in [5.41, 5.74) is -1.03. The van der Waals surface area contributed by atoms with Gasteiger partial charge in [-0.15, -0.1) is 0 Å². The van der Waals surface area contributed by atoms with E-state index in [-0.39, 0.29) is 6.07 Å². The van der Waals surface area contributed by atoms with Crippen LogP contribution in [0.5, 0.6) is 0 Å². The van der Waals surface area contributed by atoms with Crippen LogP contribution in [0.1, 0.15) is 10.4 Å². The van der Waals surface area contributed by atoms with Crippen LogP contribution >= 0.6 is 15.9 Å². The van der Waals surface area contributed by atoms with Crippen molar-refractivity contribution in [3.05, 3.63) is 33.6 Å². The predicted molar refractivity (Wildman–Crippen MR) is 46.0 cm³/mol. The summed E-state index contributed by atoms with van der Waals surface area (Å²) in [6.45, 7) is 0. The third-order valence-corrected chi connectivity index (χ3v) is 2.24. The summed E-state index contributed by atoms with van der Waals surface area (Å²) >= 11 is 2.36. The average molecular weight is 283 g/mol. The minimum Gasteiger partial charge on any atom is -0.475 e. The van der Waals surface area contributed by atoms with E-state index < -0.39 is 39.2 Å². The molecule has 1 aromatic rings. The first kappa shape index (κ1) is 11.7. The number of hydrogen-bond donors (Lipinski definition) is 1. The zero-order chi connectivity index (χ0) is 11.7. The van der Waals surface area contributed by atoms with Gasteiger partial charge in [0.1, 0.15) is 0 Å². The fourth-order valence-electron chi connectivity index (χ4n) is 0.853. The minimum absolute atomic E-state index is 0.200. The van der Waals surface area contributed by atoms with Gasteiger partial charge in [-0.3, -0.25) is 4.79 Å². The number of carboxylic acids is 1. The maximum Gasteiger partial charge on any atom is 0.377 e. The van der Waals surface area contributed by atoms with Crippen LogP contribution in [-0.2, 0) is 4.79 Å². The van der Waals surface area contributed by atoms with Gasteiger partial charge in [0.15, 0.2) is 17.5 Å². The SMILES string of the molecule is O=C(O)C(=O)c1cc(F)c(F)c(Br)c1F. The lowest BCUT2D eigenvalue weighted by molar-refractivity contribution is -0.131. The van der Waals surface area contributed by atoms with E-state index >= 15 is 0 Å². The lowest BCUT2D eigenvalue weighted by Gasteiger charge is -2.03. The van der Waals surface area contributed by atoms with Gasteiger partial charge in [0.25, 0.3) is 5.78 Å². The maximum absolute atomic E-state index is 13.1. The number of Topliss-reactive ketones (excluding diaryl/α,β-unsaturated/α-hetero) is 1. The summed E-state index contributed by atoms with van der Waals surface area (Å²) in [7, 11) is 0. The van der Waals surface area contributed by atoms with Crippen LogP contribution in [0.4, 0.5) is 13.2 Å². The molecule has 0 unspecified atom stereocenters. The molecular formula is C8H2BrF3O3. The number of carbonyl (C=O) groups is 2. The van der Waals surface area contributed by atoms with Crippen LogP contribution in [0, 0.1) is 17.5 Å². The third kappa shape index (κ3) is 2.01. The molecule has 0 aliphatic carbocycles. The molecule has 0 aliphatic rings. The van der Waals surface area contributed by atoms with Gasteiger partial charge < -0.3 is 5.11 Å². The molecule has 3 nitrogen and oxygen atoms in total. The summed E-state index contributed by atoms with van der Waals surface area (Å²) in [5, 5.41) is 8.26. The lowest BCUT2D eigenvalue weighted by atomic mass is 10.1. The van der Waals surface area contributed by atoms with E-state index in [0.29, 0.717) is 0 Å². The zero-order valence-corrected chi connectivity index (χ0v) is 8.44. The average Bonchev–Trinajstić information content (AvgIpc) is 2.19. The van der Waals surface area contributed by atoms with E-state index in [0.717, 1.165) is 0 Å². The molecule has 0 aliphatic heterocycles. The molecule has 0 aromatic heterocycles. The Morgan fingerprint density at radius 1 is 1.20 bits per heavy atom. The van der Waals surface area contributed by atoms with E-state index in [4.69, 9.17) is 5.11 Å². The van der Waals surface area contributed by atoms with Gasteiger partial charge in [-0.25, -0.2) is 18.0 Å². The first-order chi connectivity index (χ1) is 6.86. The van der Waals surface area contributed by atoms with Crippen molar-refractivity contribution in [2.75, 3.05) is 0 Å². The smallest absolute Gasteiger partial charge is 0.377 e. The zero-order valence-electron chi connectivity index (χ0n) is 6.85. The predicted octanol–water partition coefficient (Wildman–Crippen LogP) is 2.13. The van der Waals surface area contributed by atoms with Gasteiger partial charge in [-0.2, -0.15) is 0 Å². The van der Waals surface area contributed by atoms with Gasteiger partial charge in [0.2, 0.25) is 0 Å². The van der Waals surface area contributed by atoms with Crippen molar-refractivity contribution in [3.8, 4) is 0 Å². The molecule has 0 saturated carbocycles. The Morgan fingerprint density at radius 3 is 2.20 bits per heavy atom. The van der Waals surface area contributed by atoms with Crippen molar-refractivity contribution in [2.24, 2.45) is 0 Å². The van der Waals surface area contributed by atoms with E-state index in [1.54, 1.807) is 0 Å². The highest BCUT2D eigenvalue weighted by Crippen LogP contribution is 2.25. The van der Waals surface area contributed by atoms with Gasteiger partial charge in [-0.05, 0) is 22.0 Å². The standard InChI is InChI=1S/C8H2BrF3O3/c9-4-5(11)2(7(13)8(14)15)1-3(10)6(4)12/h1H,(H,14,15). The highest BCUT2D eigenvalue weighted by molar-refractivity contribution is 9.10. The van der Waals surface area contributed by atoms with Crippen LogP contribution in [0.25, 0.3) is 0 Å². The van der Waals surface area contributed by atoms with Crippen LogP contribution in [-0.4, -0.2) is 16.9 Å². The van der Waals surface area contributed by atoms with Gasteiger partial charge in [0, 0.05) is 0 Å². The van der Waals surface area contributed by atoms with Gasteiger partial charge in [-0.1, -0.05) is 0 Å². The quantitative estimate of drug-likeness (QED) is 0.391. The van der Waals surface area contributed by atoms with Crippen molar-refractivity contribution in [3.63, 3.8) is 0 Å². The number of carbonyl (C=O) groups excluding carboxylic acids is 1. The first-order valence-corrected chi connectivity index (χ1v) is 4.26. The molecule has 0 radical (unpaired) electrons. The number of rotatable bonds is 2. The molecule has 0 fully saturated rings. The molecule has 80 valence electrons. The Hall–Kier alpha value is -1.37. The number of aliphatic carboxylic acids is 1. The molecule has 0 amide bonds. The number of halogens is 4. The molecular weight excluding hydrogens is 281 g/mol. The Bertz CT molecular complexity index is 459. The van der Waals surface area contributed by atoms with Crippen LogP contribution in [0.2, 0.25) is 0 Å². The Labute approximate surface area is 89.6 Å². The van der Waals surface area contributed by atoms with Crippen molar-refractivity contribution >= 4 is 27.7 Å². The molecule has 0 heterocycles. The van der Waals surface area contributed by atoms with Gasteiger partial charge in [0.05, 0.1) is 10.0 Å². The Balaban J connectivity index is 3.45. The van der Waals surface area contributed by atoms with E-state index in [2.05, 4.69) is 15.9 Å². The van der Waals surface area contributed by atoms with Crippen LogP contribution < -0.4 is 0 Å². The summed E-state index contributed by atoms with van der Waals surface area (Å²) in [5.74, 6) is -8.07. The normalized spacial score (nSPS) is 10.1. The Kier molecular flexibility index (Phi) is 3.13. The second-order valence-corrected chi connectivity index (χ2v) is 3.28. The fraction of sp³-hybridized carbons (Fsp3) is 0. The number of benzene rings is 1. The molecule has 7 heteroatoms. The van der Waals surface area contributed by atoms with E-state index in [9.17, 15) is 22.8 Å². The second kappa shape index (κ2) is 4.01. The van der Waals surface area contributed by atoms with Crippen molar-refractivity contribution < 1.29 is 27.9 Å². The monoisotopic (exact) mass is 282 g/mol. The highest BCUT2D eigenvalue weighted by atomic mass is 79.9. The molecule has 0 saturated heterocycles. The number of carboxylic acid groups (broad SMARTS) is 1. The van der Waals surface area contributed by atoms with E-state index in [1.807, 2.05) is 0 Å². The molecule has 0 spiro atoms. The first-order valence-electron chi connectivity index (χ1n) is 3.47. The van der Waals surface area contributed by atoms with Crippen LogP contribution in [0.15, 0.2) is 10.5 Å². The molecule has 1 N–H and O–H groups in total. The van der Waals surface area contributed by atoms with Crippen LogP contribution in [0.3, 0.4) is 0 Å². The number of hydrogen-bond acceptors (Lipinski definition) is 2. The highest BCUT2D eigenvalue weighted by Gasteiger charge is 2.25. The maximum atomic E-state index is 13.1. The minimum atomic E-state index is -1.95. The van der Waals surface area contributed by atoms with Crippen molar-refractivity contribution in [1.29, 1.82) is 0 Å². The summed E-state index contributed by atoms with van der Waals surface area (Å²) in [6, 6.07) is 0.200. The Morgan fingerprint density at radius 2 is 1.73 bits per heavy atom. The summed E-state index contributed by atoms with van der Waals surface area (Å²) in [6.07, 6.45) is 0. The summed E-state index contributed by atoms with van der Waals surface area (Å²) in [4.78, 5) is 21.0. The second-order valence-electron chi connectivity index (χ2n) is 2.48. The van der Waals surface area contributed by atoms with Gasteiger partial charge >= 0.3 is 5.97 Å². The number of ketones is 1. The topological polar surface area (TPSA) is 54.4 Å². The molecule has 1 aromatic carbocycles. The summed E-state index contributed by atoms with van der Waals surface area (Å²) < 4.78 is 37.6. The van der Waals surface area contributed by atoms with Crippen molar-refractivity contribution in [1.82, 2.24) is 0 Å². The fourth-order valence-corrected chi connectivity index (χ4v) is 1.26. The lowest BCUT2D eigenvalue weighted by Crippen LogP contribution is -2.15.